The highest BCUT2D eigenvalue weighted by molar-refractivity contribution is 5.21. The number of halogens is 1. The first-order chi connectivity index (χ1) is 7.83. The highest BCUT2D eigenvalue weighted by Crippen LogP contribution is 2.11. The molecule has 0 spiro atoms. The van der Waals surface area contributed by atoms with Gasteiger partial charge in [0.15, 0.2) is 0 Å². The zero-order chi connectivity index (χ0) is 11.6. The molecule has 1 aromatic carbocycles. The Kier molecular flexibility index (Phi) is 6.58. The molecular weight excluding hydrogens is 205 g/mol. The maximum absolute atomic E-state index is 12.6. The van der Waals surface area contributed by atoms with E-state index in [2.05, 4.69) is 5.32 Å². The van der Waals surface area contributed by atoms with Gasteiger partial charge in [-0.2, -0.15) is 0 Å². The summed E-state index contributed by atoms with van der Waals surface area (Å²) in [5.41, 5.74) is 0. The first-order valence-corrected chi connectivity index (χ1v) is 5.86. The van der Waals surface area contributed by atoms with Gasteiger partial charge >= 0.3 is 0 Å². The highest BCUT2D eigenvalue weighted by Gasteiger charge is 1.94. The van der Waals surface area contributed by atoms with Crippen LogP contribution in [-0.4, -0.2) is 20.2 Å². The summed E-state index contributed by atoms with van der Waals surface area (Å²) < 4.78 is 18.1. The zero-order valence-electron chi connectivity index (χ0n) is 9.84. The predicted octanol–water partition coefficient (Wildman–Crippen LogP) is 2.98. The monoisotopic (exact) mass is 225 g/mol. The van der Waals surface area contributed by atoms with E-state index in [0.29, 0.717) is 6.61 Å². The Morgan fingerprint density at radius 3 is 2.44 bits per heavy atom. The fraction of sp³-hybridized carbons (Fsp3) is 0.538. The summed E-state index contributed by atoms with van der Waals surface area (Å²) in [6.07, 6.45) is 4.69. The van der Waals surface area contributed by atoms with Crippen molar-refractivity contribution in [3.63, 3.8) is 0 Å². The largest absolute Gasteiger partial charge is 0.494 e. The van der Waals surface area contributed by atoms with Crippen molar-refractivity contribution >= 4 is 0 Å². The third-order valence-corrected chi connectivity index (χ3v) is 2.40. The molecule has 0 saturated heterocycles. The van der Waals surface area contributed by atoms with E-state index in [-0.39, 0.29) is 5.82 Å². The van der Waals surface area contributed by atoms with Crippen molar-refractivity contribution in [2.45, 2.75) is 25.7 Å². The summed E-state index contributed by atoms with van der Waals surface area (Å²) in [4.78, 5) is 0. The molecule has 0 radical (unpaired) electrons. The minimum absolute atomic E-state index is 0.223. The van der Waals surface area contributed by atoms with Crippen LogP contribution in [0.2, 0.25) is 0 Å². The van der Waals surface area contributed by atoms with E-state index in [1.54, 1.807) is 12.1 Å². The van der Waals surface area contributed by atoms with Crippen molar-refractivity contribution in [2.75, 3.05) is 20.2 Å². The molecule has 0 aliphatic carbocycles. The van der Waals surface area contributed by atoms with Crippen LogP contribution in [0.4, 0.5) is 4.39 Å². The Balaban J connectivity index is 2.01. The molecule has 0 atom stereocenters. The maximum Gasteiger partial charge on any atom is 0.123 e. The summed E-state index contributed by atoms with van der Waals surface area (Å²) >= 11 is 0. The number of hydrogen-bond acceptors (Lipinski definition) is 2. The lowest BCUT2D eigenvalue weighted by molar-refractivity contribution is 0.304. The molecule has 0 amide bonds. The second-order valence-corrected chi connectivity index (χ2v) is 3.82. The lowest BCUT2D eigenvalue weighted by atomic mass is 10.2. The van der Waals surface area contributed by atoms with Gasteiger partial charge in [-0.15, -0.1) is 0 Å². The minimum atomic E-state index is -0.223. The quantitative estimate of drug-likeness (QED) is 0.687. The second-order valence-electron chi connectivity index (χ2n) is 3.82. The van der Waals surface area contributed by atoms with Crippen LogP contribution >= 0.6 is 0 Å². The summed E-state index contributed by atoms with van der Waals surface area (Å²) in [6, 6.07) is 6.16. The molecular formula is C13H20FNO. The molecule has 3 heteroatoms. The Labute approximate surface area is 96.8 Å². The number of rotatable bonds is 8. The SMILES string of the molecule is CNCCCCCCOc1ccc(F)cc1. The number of nitrogens with one attached hydrogen (secondary N) is 1. The van der Waals surface area contributed by atoms with Crippen LogP contribution in [0, 0.1) is 5.82 Å². The fourth-order valence-corrected chi connectivity index (χ4v) is 1.48. The van der Waals surface area contributed by atoms with Gasteiger partial charge in [0.25, 0.3) is 0 Å². The van der Waals surface area contributed by atoms with Crippen molar-refractivity contribution < 1.29 is 9.13 Å². The number of unbranched alkanes of at least 4 members (excludes halogenated alkanes) is 3. The van der Waals surface area contributed by atoms with Crippen LogP contribution in [0.3, 0.4) is 0 Å². The van der Waals surface area contributed by atoms with Crippen molar-refractivity contribution in [3.05, 3.63) is 30.1 Å². The third kappa shape index (κ3) is 5.71. The summed E-state index contributed by atoms with van der Waals surface area (Å²) in [7, 11) is 1.97. The zero-order valence-corrected chi connectivity index (χ0v) is 9.84. The van der Waals surface area contributed by atoms with E-state index in [0.717, 1.165) is 18.7 Å². The van der Waals surface area contributed by atoms with Crippen LogP contribution in [0.1, 0.15) is 25.7 Å². The van der Waals surface area contributed by atoms with Gasteiger partial charge in [0, 0.05) is 0 Å². The van der Waals surface area contributed by atoms with E-state index in [1.165, 1.54) is 31.4 Å². The molecule has 0 heterocycles. The Morgan fingerprint density at radius 1 is 1.06 bits per heavy atom. The molecule has 16 heavy (non-hydrogen) atoms. The molecule has 0 saturated carbocycles. The fourth-order valence-electron chi connectivity index (χ4n) is 1.48. The molecule has 90 valence electrons. The second kappa shape index (κ2) is 8.11. The summed E-state index contributed by atoms with van der Waals surface area (Å²) in [5.74, 6) is 0.524. The average Bonchev–Trinajstić information content (AvgIpc) is 2.30. The Bertz CT molecular complexity index is 274. The van der Waals surface area contributed by atoms with Crippen molar-refractivity contribution in [1.29, 1.82) is 0 Å². The van der Waals surface area contributed by atoms with E-state index >= 15 is 0 Å². The first kappa shape index (κ1) is 13.0. The Hall–Kier alpha value is -1.09. The van der Waals surface area contributed by atoms with E-state index in [9.17, 15) is 4.39 Å². The van der Waals surface area contributed by atoms with Gasteiger partial charge in [-0.3, -0.25) is 0 Å². The van der Waals surface area contributed by atoms with E-state index in [4.69, 9.17) is 4.74 Å². The van der Waals surface area contributed by atoms with E-state index < -0.39 is 0 Å². The van der Waals surface area contributed by atoms with Gasteiger partial charge in [-0.25, -0.2) is 4.39 Å². The molecule has 0 aromatic heterocycles. The number of ether oxygens (including phenoxy) is 1. The summed E-state index contributed by atoms with van der Waals surface area (Å²) in [6.45, 7) is 1.80. The highest BCUT2D eigenvalue weighted by atomic mass is 19.1. The van der Waals surface area contributed by atoms with Crippen LogP contribution in [-0.2, 0) is 0 Å². The van der Waals surface area contributed by atoms with E-state index in [1.807, 2.05) is 7.05 Å². The van der Waals surface area contributed by atoms with Crippen molar-refractivity contribution in [2.24, 2.45) is 0 Å². The molecule has 2 nitrogen and oxygen atoms in total. The summed E-state index contributed by atoms with van der Waals surface area (Å²) in [5, 5.41) is 3.12. The third-order valence-electron chi connectivity index (χ3n) is 2.40. The van der Waals surface area contributed by atoms with Gasteiger partial charge in [0.1, 0.15) is 11.6 Å². The van der Waals surface area contributed by atoms with Crippen molar-refractivity contribution in [1.82, 2.24) is 5.32 Å². The number of benzene rings is 1. The normalized spacial score (nSPS) is 10.4. The topological polar surface area (TPSA) is 21.3 Å². The average molecular weight is 225 g/mol. The lowest BCUT2D eigenvalue weighted by Crippen LogP contribution is -2.07. The van der Waals surface area contributed by atoms with Gasteiger partial charge in [0.05, 0.1) is 6.61 Å². The van der Waals surface area contributed by atoms with Gasteiger partial charge in [-0.05, 0) is 50.7 Å². The smallest absolute Gasteiger partial charge is 0.123 e. The van der Waals surface area contributed by atoms with Crippen LogP contribution in [0.5, 0.6) is 5.75 Å². The maximum atomic E-state index is 12.6. The first-order valence-electron chi connectivity index (χ1n) is 5.86. The van der Waals surface area contributed by atoms with Crippen LogP contribution < -0.4 is 10.1 Å². The molecule has 1 N–H and O–H groups in total. The minimum Gasteiger partial charge on any atom is -0.494 e. The molecule has 0 unspecified atom stereocenters. The van der Waals surface area contributed by atoms with Crippen LogP contribution in [0.25, 0.3) is 0 Å². The standard InChI is InChI=1S/C13H20FNO/c1-15-10-4-2-3-5-11-16-13-8-6-12(14)7-9-13/h6-9,15H,2-5,10-11H2,1H3. The van der Waals surface area contributed by atoms with Crippen molar-refractivity contribution in [3.8, 4) is 5.75 Å². The van der Waals surface area contributed by atoms with Gasteiger partial charge in [0.2, 0.25) is 0 Å². The molecule has 0 aliphatic heterocycles. The Morgan fingerprint density at radius 2 is 1.75 bits per heavy atom. The molecule has 0 fully saturated rings. The lowest BCUT2D eigenvalue weighted by Gasteiger charge is -2.05. The van der Waals surface area contributed by atoms with Gasteiger partial charge in [-0.1, -0.05) is 12.8 Å². The predicted molar refractivity (Wildman–Crippen MR) is 64.3 cm³/mol. The molecule has 1 aromatic rings. The van der Waals surface area contributed by atoms with Crippen LogP contribution in [0.15, 0.2) is 24.3 Å². The molecule has 0 bridgehead atoms. The number of hydrogen-bond donors (Lipinski definition) is 1. The molecule has 1 rings (SSSR count). The molecule has 0 aliphatic rings. The van der Waals surface area contributed by atoms with Gasteiger partial charge < -0.3 is 10.1 Å².